The van der Waals surface area contributed by atoms with E-state index in [1.165, 1.54) is 0 Å². The molecular weight excluding hydrogens is 204 g/mol. The topological polar surface area (TPSA) is 55.9 Å². The summed E-state index contributed by atoms with van der Waals surface area (Å²) in [5.41, 5.74) is 0. The highest BCUT2D eigenvalue weighted by Crippen LogP contribution is 2.13. The predicted octanol–water partition coefficient (Wildman–Crippen LogP) is -0.517. The van der Waals surface area contributed by atoms with E-state index in [0.29, 0.717) is 0 Å². The first-order valence-corrected chi connectivity index (χ1v) is 5.47. The van der Waals surface area contributed by atoms with E-state index in [9.17, 15) is 0 Å². The van der Waals surface area contributed by atoms with Crippen molar-refractivity contribution < 1.29 is 0 Å². The summed E-state index contributed by atoms with van der Waals surface area (Å²) in [5.74, 6) is 1.76. The van der Waals surface area contributed by atoms with Gasteiger partial charge in [-0.3, -0.25) is 4.99 Å². The number of amidine groups is 2. The van der Waals surface area contributed by atoms with Crippen LogP contribution in [0, 0.1) is 0 Å². The van der Waals surface area contributed by atoms with Gasteiger partial charge in [0, 0.05) is 26.2 Å². The van der Waals surface area contributed by atoms with Gasteiger partial charge in [0.1, 0.15) is 18.5 Å². The van der Waals surface area contributed by atoms with E-state index in [1.54, 1.807) is 12.7 Å². The van der Waals surface area contributed by atoms with Crippen LogP contribution in [0.5, 0.6) is 0 Å². The first kappa shape index (κ1) is 9.65. The minimum absolute atomic E-state index is 0.0617. The summed E-state index contributed by atoms with van der Waals surface area (Å²) in [6.45, 7) is 4.14. The lowest BCUT2D eigenvalue weighted by Crippen LogP contribution is -2.51. The van der Waals surface area contributed by atoms with Gasteiger partial charge in [0.2, 0.25) is 0 Å². The molecule has 6 heteroatoms. The number of hydrogen-bond acceptors (Lipinski definition) is 6. The largest absolute Gasteiger partial charge is 0.355 e. The van der Waals surface area contributed by atoms with Crippen molar-refractivity contribution in [3.05, 3.63) is 0 Å². The third-order valence-electron chi connectivity index (χ3n) is 3.10. The van der Waals surface area contributed by atoms with Crippen molar-refractivity contribution in [3.8, 4) is 0 Å². The first-order valence-electron chi connectivity index (χ1n) is 5.47. The fourth-order valence-electron chi connectivity index (χ4n) is 2.09. The van der Waals surface area contributed by atoms with Gasteiger partial charge in [0.05, 0.1) is 0 Å². The number of aliphatic imine (C=N–C) groups is 4. The summed E-state index contributed by atoms with van der Waals surface area (Å²) < 4.78 is 0. The summed E-state index contributed by atoms with van der Waals surface area (Å²) in [7, 11) is 2.14. The highest BCUT2D eigenvalue weighted by molar-refractivity contribution is 6.19. The van der Waals surface area contributed by atoms with Crippen LogP contribution in [0.15, 0.2) is 20.0 Å². The van der Waals surface area contributed by atoms with Gasteiger partial charge in [-0.15, -0.1) is 0 Å². The van der Waals surface area contributed by atoms with Gasteiger partial charge >= 0.3 is 0 Å². The fourth-order valence-corrected chi connectivity index (χ4v) is 2.09. The minimum Gasteiger partial charge on any atom is -0.355 e. The van der Waals surface area contributed by atoms with Gasteiger partial charge in [-0.05, 0) is 7.05 Å². The van der Waals surface area contributed by atoms with Gasteiger partial charge in [0.25, 0.3) is 0 Å². The lowest BCUT2D eigenvalue weighted by atomic mass is 10.2. The molecule has 0 spiro atoms. The average molecular weight is 218 g/mol. The Kier molecular flexibility index (Phi) is 2.28. The molecule has 1 atom stereocenters. The zero-order chi connectivity index (χ0) is 11.0. The fraction of sp³-hybridized carbons (Fsp3) is 0.600. The van der Waals surface area contributed by atoms with Gasteiger partial charge in [-0.1, -0.05) is 0 Å². The van der Waals surface area contributed by atoms with Crippen molar-refractivity contribution in [1.82, 2.24) is 9.80 Å². The standard InChI is InChI=1S/C10H14N6/c1-15-2-4-16(5-3-15)10-8-9(12-6-11-8)13-7-14-10/h6-8H,2-5H2,1H3. The molecule has 0 bridgehead atoms. The molecule has 0 aromatic rings. The molecule has 0 N–H and O–H groups in total. The highest BCUT2D eigenvalue weighted by atomic mass is 15.3. The van der Waals surface area contributed by atoms with Crippen LogP contribution in [-0.4, -0.2) is 73.4 Å². The molecule has 16 heavy (non-hydrogen) atoms. The van der Waals surface area contributed by atoms with Crippen molar-refractivity contribution in [2.24, 2.45) is 20.0 Å². The Balaban J connectivity index is 1.79. The van der Waals surface area contributed by atoms with E-state index in [0.717, 1.165) is 37.9 Å². The number of likely N-dealkylation sites (N-methyl/N-ethyl adjacent to an activating group) is 1. The summed E-state index contributed by atoms with van der Waals surface area (Å²) in [5, 5.41) is 0. The molecule has 3 aliphatic rings. The third-order valence-corrected chi connectivity index (χ3v) is 3.10. The smallest absolute Gasteiger partial charge is 0.169 e. The number of rotatable bonds is 0. The number of piperazine rings is 1. The monoisotopic (exact) mass is 218 g/mol. The zero-order valence-electron chi connectivity index (χ0n) is 9.24. The molecule has 3 aliphatic heterocycles. The Hall–Kier alpha value is -1.56. The quantitative estimate of drug-likeness (QED) is 0.549. The Bertz CT molecular complexity index is 400. The van der Waals surface area contributed by atoms with E-state index in [-0.39, 0.29) is 6.04 Å². The number of nitrogens with zero attached hydrogens (tertiary/aromatic N) is 6. The Morgan fingerprint density at radius 1 is 1.12 bits per heavy atom. The van der Waals surface area contributed by atoms with E-state index in [1.807, 2.05) is 0 Å². The van der Waals surface area contributed by atoms with Crippen LogP contribution in [0.25, 0.3) is 0 Å². The molecule has 0 aromatic carbocycles. The van der Waals surface area contributed by atoms with Crippen LogP contribution >= 0.6 is 0 Å². The lowest BCUT2D eigenvalue weighted by molar-refractivity contribution is 0.213. The van der Waals surface area contributed by atoms with Crippen LogP contribution in [0.2, 0.25) is 0 Å². The van der Waals surface area contributed by atoms with Gasteiger partial charge in [-0.25, -0.2) is 15.0 Å². The van der Waals surface area contributed by atoms with Crippen LogP contribution in [-0.2, 0) is 0 Å². The van der Waals surface area contributed by atoms with E-state index in [4.69, 9.17) is 0 Å². The van der Waals surface area contributed by atoms with Crippen molar-refractivity contribution in [2.75, 3.05) is 33.2 Å². The Morgan fingerprint density at radius 2 is 1.94 bits per heavy atom. The van der Waals surface area contributed by atoms with E-state index >= 15 is 0 Å². The SMILES string of the molecule is CN1CCN(C2=NC=NC3=NC=NC32)CC1. The molecule has 1 saturated heterocycles. The molecule has 3 rings (SSSR count). The predicted molar refractivity (Wildman–Crippen MR) is 64.7 cm³/mol. The second kappa shape index (κ2) is 3.79. The summed E-state index contributed by atoms with van der Waals surface area (Å²) in [4.78, 5) is 21.5. The van der Waals surface area contributed by atoms with Crippen LogP contribution < -0.4 is 0 Å². The summed E-state index contributed by atoms with van der Waals surface area (Å²) >= 11 is 0. The van der Waals surface area contributed by atoms with Crippen molar-refractivity contribution in [3.63, 3.8) is 0 Å². The molecule has 3 heterocycles. The second-order valence-corrected chi connectivity index (χ2v) is 4.18. The van der Waals surface area contributed by atoms with Crippen LogP contribution in [0.1, 0.15) is 0 Å². The zero-order valence-corrected chi connectivity index (χ0v) is 9.24. The minimum atomic E-state index is -0.0617. The number of hydrogen-bond donors (Lipinski definition) is 0. The van der Waals surface area contributed by atoms with Gasteiger partial charge in [0.15, 0.2) is 11.9 Å². The molecule has 1 fully saturated rings. The molecule has 0 aromatic heterocycles. The Morgan fingerprint density at radius 3 is 2.75 bits per heavy atom. The van der Waals surface area contributed by atoms with Crippen LogP contribution in [0.4, 0.5) is 0 Å². The lowest BCUT2D eigenvalue weighted by Gasteiger charge is -2.36. The van der Waals surface area contributed by atoms with Gasteiger partial charge < -0.3 is 9.80 Å². The van der Waals surface area contributed by atoms with Crippen LogP contribution in [0.3, 0.4) is 0 Å². The molecule has 6 nitrogen and oxygen atoms in total. The van der Waals surface area contributed by atoms with Crippen molar-refractivity contribution >= 4 is 24.3 Å². The van der Waals surface area contributed by atoms with E-state index < -0.39 is 0 Å². The maximum absolute atomic E-state index is 4.36. The average Bonchev–Trinajstić information content (AvgIpc) is 2.78. The molecule has 0 radical (unpaired) electrons. The summed E-state index contributed by atoms with van der Waals surface area (Å²) in [6, 6.07) is -0.0617. The number of fused-ring (bicyclic) bond motifs is 1. The molecule has 0 saturated carbocycles. The van der Waals surface area contributed by atoms with Crippen molar-refractivity contribution in [2.45, 2.75) is 6.04 Å². The maximum atomic E-state index is 4.36. The van der Waals surface area contributed by atoms with Gasteiger partial charge in [-0.2, -0.15) is 0 Å². The molecule has 84 valence electrons. The molecule has 1 unspecified atom stereocenters. The van der Waals surface area contributed by atoms with E-state index in [2.05, 4.69) is 36.8 Å². The van der Waals surface area contributed by atoms with Crippen molar-refractivity contribution in [1.29, 1.82) is 0 Å². The third kappa shape index (κ3) is 1.55. The molecule has 0 amide bonds. The normalized spacial score (nSPS) is 29.1. The maximum Gasteiger partial charge on any atom is 0.169 e. The summed E-state index contributed by atoms with van der Waals surface area (Å²) in [6.07, 6.45) is 3.16. The molecular formula is C10H14N6. The highest BCUT2D eigenvalue weighted by Gasteiger charge is 2.31. The molecule has 0 aliphatic carbocycles. The first-order chi connectivity index (χ1) is 7.84. The Labute approximate surface area is 94.1 Å². The second-order valence-electron chi connectivity index (χ2n) is 4.18.